The minimum absolute atomic E-state index is 0. The maximum atomic E-state index is 10.2. The van der Waals surface area contributed by atoms with Crippen LogP contribution in [0.3, 0.4) is 0 Å². The molecule has 0 saturated heterocycles. The Morgan fingerprint density at radius 3 is 2.00 bits per heavy atom. The van der Waals surface area contributed by atoms with Crippen LogP contribution in [0.4, 0.5) is 0 Å². The summed E-state index contributed by atoms with van der Waals surface area (Å²) in [5.41, 5.74) is 0.0405. The van der Waals surface area contributed by atoms with Crippen LogP contribution >= 0.6 is 0 Å². The summed E-state index contributed by atoms with van der Waals surface area (Å²) < 4.78 is 0. The van der Waals surface area contributed by atoms with E-state index in [1.54, 1.807) is 12.4 Å². The Morgan fingerprint density at radius 1 is 1.25 bits per heavy atom. The molecule has 0 fully saturated rings. The van der Waals surface area contributed by atoms with Crippen molar-refractivity contribution in [3.8, 4) is 0 Å². The SMILES string of the molecule is O=c1cc[nH]cc1.[Ag+]. The third-order valence-electron chi connectivity index (χ3n) is 0.688. The fraction of sp³-hybridized carbons (Fsp3) is 0. The van der Waals surface area contributed by atoms with Gasteiger partial charge in [-0.25, -0.2) is 0 Å². The molecule has 0 radical (unpaired) electrons. The van der Waals surface area contributed by atoms with Crippen LogP contribution in [-0.4, -0.2) is 4.98 Å². The minimum Gasteiger partial charge on any atom is -0.367 e. The molecule has 1 aromatic heterocycles. The fourth-order valence-corrected chi connectivity index (χ4v) is 0.372. The molecule has 0 amide bonds. The van der Waals surface area contributed by atoms with E-state index in [4.69, 9.17) is 0 Å². The molecule has 0 saturated carbocycles. The summed E-state index contributed by atoms with van der Waals surface area (Å²) in [6.07, 6.45) is 3.20. The van der Waals surface area contributed by atoms with Gasteiger partial charge in [-0.3, -0.25) is 4.79 Å². The first kappa shape index (κ1) is 7.69. The van der Waals surface area contributed by atoms with Gasteiger partial charge in [-0.15, -0.1) is 0 Å². The molecule has 0 aliphatic rings. The average molecular weight is 203 g/mol. The van der Waals surface area contributed by atoms with Gasteiger partial charge in [0.2, 0.25) is 0 Å². The van der Waals surface area contributed by atoms with Crippen LogP contribution in [0.2, 0.25) is 0 Å². The molecule has 46 valence electrons. The average Bonchev–Trinajstić information content (AvgIpc) is 1.69. The van der Waals surface area contributed by atoms with Crippen molar-refractivity contribution in [2.75, 3.05) is 0 Å². The van der Waals surface area contributed by atoms with Crippen LogP contribution in [0, 0.1) is 0 Å². The van der Waals surface area contributed by atoms with Crippen LogP contribution in [-0.2, 0) is 22.4 Å². The summed E-state index contributed by atoms with van der Waals surface area (Å²) in [6, 6.07) is 2.94. The summed E-state index contributed by atoms with van der Waals surface area (Å²) in [5.74, 6) is 0. The molecule has 0 aromatic carbocycles. The number of aromatic amines is 1. The molecule has 2 nitrogen and oxygen atoms in total. The quantitative estimate of drug-likeness (QED) is 0.607. The van der Waals surface area contributed by atoms with E-state index >= 15 is 0 Å². The molecule has 1 rings (SSSR count). The number of H-pyrrole nitrogens is 1. The summed E-state index contributed by atoms with van der Waals surface area (Å²) in [4.78, 5) is 13.0. The number of nitrogens with one attached hydrogen (secondary N) is 1. The topological polar surface area (TPSA) is 32.9 Å². The van der Waals surface area contributed by atoms with Crippen molar-refractivity contribution in [3.63, 3.8) is 0 Å². The van der Waals surface area contributed by atoms with Crippen molar-refractivity contribution in [1.82, 2.24) is 4.98 Å². The molecule has 1 N–H and O–H groups in total. The van der Waals surface area contributed by atoms with E-state index in [2.05, 4.69) is 4.98 Å². The van der Waals surface area contributed by atoms with Gasteiger partial charge < -0.3 is 4.98 Å². The van der Waals surface area contributed by atoms with Gasteiger partial charge in [0, 0.05) is 24.5 Å². The number of hydrogen-bond acceptors (Lipinski definition) is 1. The molecule has 0 bridgehead atoms. The van der Waals surface area contributed by atoms with E-state index in [-0.39, 0.29) is 27.8 Å². The van der Waals surface area contributed by atoms with E-state index in [1.807, 2.05) is 0 Å². The van der Waals surface area contributed by atoms with Gasteiger partial charge in [-0.1, -0.05) is 0 Å². The first-order chi connectivity index (χ1) is 3.39. The first-order valence-corrected chi connectivity index (χ1v) is 2.03. The van der Waals surface area contributed by atoms with Crippen molar-refractivity contribution >= 4 is 0 Å². The maximum absolute atomic E-state index is 10.2. The van der Waals surface area contributed by atoms with Crippen molar-refractivity contribution in [1.29, 1.82) is 0 Å². The predicted molar refractivity (Wildman–Crippen MR) is 27.1 cm³/mol. The van der Waals surface area contributed by atoms with Crippen LogP contribution in [0.25, 0.3) is 0 Å². The maximum Gasteiger partial charge on any atom is 1.00 e. The van der Waals surface area contributed by atoms with Crippen molar-refractivity contribution in [2.24, 2.45) is 0 Å². The molecule has 0 aliphatic carbocycles. The molecule has 3 heteroatoms. The molecule has 1 heterocycles. The van der Waals surface area contributed by atoms with E-state index in [0.29, 0.717) is 0 Å². The summed E-state index contributed by atoms with van der Waals surface area (Å²) in [7, 11) is 0. The van der Waals surface area contributed by atoms with E-state index in [9.17, 15) is 4.79 Å². The van der Waals surface area contributed by atoms with Crippen LogP contribution in [0.15, 0.2) is 29.3 Å². The monoisotopic (exact) mass is 202 g/mol. The van der Waals surface area contributed by atoms with Crippen LogP contribution < -0.4 is 5.43 Å². The zero-order valence-corrected chi connectivity index (χ0v) is 5.50. The summed E-state index contributed by atoms with van der Waals surface area (Å²) in [6.45, 7) is 0. The molecule has 0 atom stereocenters. The van der Waals surface area contributed by atoms with Crippen molar-refractivity contribution in [2.45, 2.75) is 0 Å². The van der Waals surface area contributed by atoms with Crippen LogP contribution in [0.5, 0.6) is 0 Å². The van der Waals surface area contributed by atoms with Gasteiger partial charge in [0.25, 0.3) is 0 Å². The molecular formula is C5H5AgNO+. The first-order valence-electron chi connectivity index (χ1n) is 2.03. The van der Waals surface area contributed by atoms with Crippen molar-refractivity contribution in [3.05, 3.63) is 34.7 Å². The fourth-order valence-electron chi connectivity index (χ4n) is 0.372. The van der Waals surface area contributed by atoms with Crippen molar-refractivity contribution < 1.29 is 22.4 Å². The Kier molecular flexibility index (Phi) is 3.52. The molecule has 1 aromatic rings. The largest absolute Gasteiger partial charge is 1.00 e. The van der Waals surface area contributed by atoms with E-state index in [0.717, 1.165) is 0 Å². The van der Waals surface area contributed by atoms with Gasteiger partial charge in [0.15, 0.2) is 5.43 Å². The Hall–Kier alpha value is -0.310. The molecular weight excluding hydrogens is 198 g/mol. The smallest absolute Gasteiger partial charge is 0.367 e. The second-order valence-electron chi connectivity index (χ2n) is 1.24. The number of rotatable bonds is 0. The summed E-state index contributed by atoms with van der Waals surface area (Å²) in [5, 5.41) is 0. The molecule has 0 spiro atoms. The summed E-state index contributed by atoms with van der Waals surface area (Å²) >= 11 is 0. The Bertz CT molecular complexity index is 178. The zero-order valence-electron chi connectivity index (χ0n) is 4.02. The molecule has 8 heavy (non-hydrogen) atoms. The standard InChI is InChI=1S/C5H5NO.Ag/c7-5-1-3-6-4-2-5;/h1-4H,(H,6,7);/q;+1. The molecule has 0 unspecified atom stereocenters. The van der Waals surface area contributed by atoms with Gasteiger partial charge >= 0.3 is 22.4 Å². The van der Waals surface area contributed by atoms with Gasteiger partial charge in [-0.2, -0.15) is 0 Å². The Labute approximate surface area is 62.4 Å². The number of hydrogen-bond donors (Lipinski definition) is 1. The van der Waals surface area contributed by atoms with Gasteiger partial charge in [-0.05, 0) is 0 Å². The van der Waals surface area contributed by atoms with Gasteiger partial charge in [0.1, 0.15) is 0 Å². The number of aromatic nitrogens is 1. The third-order valence-corrected chi connectivity index (χ3v) is 0.688. The normalized spacial score (nSPS) is 7.50. The second-order valence-corrected chi connectivity index (χ2v) is 1.24. The van der Waals surface area contributed by atoms with Gasteiger partial charge in [0.05, 0.1) is 0 Å². The predicted octanol–water partition coefficient (Wildman–Crippen LogP) is 0.372. The minimum atomic E-state index is 0. The molecule has 0 aliphatic heterocycles. The second kappa shape index (κ2) is 3.66. The van der Waals surface area contributed by atoms with E-state index in [1.165, 1.54) is 12.1 Å². The van der Waals surface area contributed by atoms with Crippen LogP contribution in [0.1, 0.15) is 0 Å². The zero-order chi connectivity index (χ0) is 5.11. The Balaban J connectivity index is 0.000000490. The van der Waals surface area contributed by atoms with E-state index < -0.39 is 0 Å². The number of pyridine rings is 1. The Morgan fingerprint density at radius 2 is 1.75 bits per heavy atom. The third kappa shape index (κ3) is 2.12.